The molecule has 0 atom stereocenters. The van der Waals surface area contributed by atoms with Gasteiger partial charge in [-0.15, -0.1) is 11.3 Å². The summed E-state index contributed by atoms with van der Waals surface area (Å²) in [4.78, 5) is 16.4. The fraction of sp³-hybridized carbons (Fsp3) is 0.400. The SMILES string of the molecule is Cc1sc2ncnc(N3CCN(CCOc4ccccc4)CC3)c2c1C. The molecular formula is C20H24N4OS. The van der Waals surface area contributed by atoms with Crippen molar-refractivity contribution in [3.05, 3.63) is 47.1 Å². The lowest BCUT2D eigenvalue weighted by Crippen LogP contribution is -2.47. The number of fused-ring (bicyclic) bond motifs is 1. The predicted octanol–water partition coefficient (Wildman–Crippen LogP) is 3.51. The zero-order valence-electron chi connectivity index (χ0n) is 15.3. The minimum absolute atomic E-state index is 0.727. The van der Waals surface area contributed by atoms with Gasteiger partial charge in [0.1, 0.15) is 29.3 Å². The average molecular weight is 369 g/mol. The van der Waals surface area contributed by atoms with Gasteiger partial charge in [-0.05, 0) is 31.5 Å². The van der Waals surface area contributed by atoms with Crippen LogP contribution in [-0.2, 0) is 0 Å². The second-order valence-electron chi connectivity index (χ2n) is 6.65. The molecule has 2 aromatic heterocycles. The van der Waals surface area contributed by atoms with E-state index in [-0.39, 0.29) is 0 Å². The number of aromatic nitrogens is 2. The lowest BCUT2D eigenvalue weighted by atomic mass is 10.2. The molecule has 1 aliphatic heterocycles. The van der Waals surface area contributed by atoms with Gasteiger partial charge in [-0.3, -0.25) is 4.90 Å². The number of thiophene rings is 1. The molecule has 0 aliphatic carbocycles. The molecule has 136 valence electrons. The van der Waals surface area contributed by atoms with Crippen molar-refractivity contribution in [3.8, 4) is 5.75 Å². The third-order valence-electron chi connectivity index (χ3n) is 5.04. The molecule has 6 heteroatoms. The van der Waals surface area contributed by atoms with Gasteiger partial charge in [0.2, 0.25) is 0 Å². The Bertz CT molecular complexity index is 872. The van der Waals surface area contributed by atoms with E-state index in [2.05, 4.69) is 33.6 Å². The first-order valence-corrected chi connectivity index (χ1v) is 9.90. The minimum atomic E-state index is 0.727. The molecular weight excluding hydrogens is 344 g/mol. The molecule has 0 bridgehead atoms. The zero-order valence-corrected chi connectivity index (χ0v) is 16.1. The second kappa shape index (κ2) is 7.60. The number of anilines is 1. The molecule has 4 rings (SSSR count). The molecule has 1 aliphatic rings. The van der Waals surface area contributed by atoms with Crippen molar-refractivity contribution in [2.24, 2.45) is 0 Å². The molecule has 1 saturated heterocycles. The highest BCUT2D eigenvalue weighted by Gasteiger charge is 2.21. The third-order valence-corrected chi connectivity index (χ3v) is 6.15. The summed E-state index contributed by atoms with van der Waals surface area (Å²) in [6, 6.07) is 10.0. The van der Waals surface area contributed by atoms with Crippen molar-refractivity contribution in [1.29, 1.82) is 0 Å². The van der Waals surface area contributed by atoms with Gasteiger partial charge in [-0.1, -0.05) is 18.2 Å². The number of benzene rings is 1. The standard InChI is InChI=1S/C20H24N4OS/c1-15-16(2)26-20-18(15)19(21-14-22-20)24-10-8-23(9-11-24)12-13-25-17-6-4-3-5-7-17/h3-7,14H,8-13H2,1-2H3. The fourth-order valence-corrected chi connectivity index (χ4v) is 4.39. The summed E-state index contributed by atoms with van der Waals surface area (Å²) in [5.41, 5.74) is 1.32. The van der Waals surface area contributed by atoms with Crippen LogP contribution in [0.5, 0.6) is 5.75 Å². The lowest BCUT2D eigenvalue weighted by Gasteiger charge is -2.35. The van der Waals surface area contributed by atoms with Crippen LogP contribution < -0.4 is 9.64 Å². The average Bonchev–Trinajstić information content (AvgIpc) is 2.97. The number of hydrogen-bond acceptors (Lipinski definition) is 6. The molecule has 5 nitrogen and oxygen atoms in total. The quantitative estimate of drug-likeness (QED) is 0.689. The van der Waals surface area contributed by atoms with E-state index < -0.39 is 0 Å². The van der Waals surface area contributed by atoms with Gasteiger partial charge in [0.15, 0.2) is 0 Å². The van der Waals surface area contributed by atoms with Crippen LogP contribution >= 0.6 is 11.3 Å². The van der Waals surface area contributed by atoms with Crippen LogP contribution in [0.3, 0.4) is 0 Å². The molecule has 0 spiro atoms. The van der Waals surface area contributed by atoms with Crippen LogP contribution in [-0.4, -0.2) is 54.2 Å². The Hall–Kier alpha value is -2.18. The Morgan fingerprint density at radius 2 is 1.81 bits per heavy atom. The van der Waals surface area contributed by atoms with Crippen molar-refractivity contribution in [2.75, 3.05) is 44.2 Å². The van der Waals surface area contributed by atoms with Gasteiger partial charge in [-0.2, -0.15) is 0 Å². The van der Waals surface area contributed by atoms with Crippen LogP contribution in [0.15, 0.2) is 36.7 Å². The van der Waals surface area contributed by atoms with E-state index in [1.54, 1.807) is 17.7 Å². The first-order valence-electron chi connectivity index (χ1n) is 9.08. The van der Waals surface area contributed by atoms with Gasteiger partial charge in [0.25, 0.3) is 0 Å². The molecule has 0 radical (unpaired) electrons. The summed E-state index contributed by atoms with van der Waals surface area (Å²) in [7, 11) is 0. The van der Waals surface area contributed by atoms with Gasteiger partial charge >= 0.3 is 0 Å². The molecule has 1 fully saturated rings. The second-order valence-corrected chi connectivity index (χ2v) is 7.85. The molecule has 26 heavy (non-hydrogen) atoms. The maximum Gasteiger partial charge on any atom is 0.141 e. The Labute approximate surface area is 158 Å². The van der Waals surface area contributed by atoms with Crippen molar-refractivity contribution < 1.29 is 4.74 Å². The van der Waals surface area contributed by atoms with Gasteiger partial charge in [0.05, 0.1) is 5.39 Å². The topological polar surface area (TPSA) is 41.5 Å². The highest BCUT2D eigenvalue weighted by atomic mass is 32.1. The molecule has 0 saturated carbocycles. The Balaban J connectivity index is 1.35. The summed E-state index contributed by atoms with van der Waals surface area (Å²) >= 11 is 1.76. The molecule has 0 unspecified atom stereocenters. The fourth-order valence-electron chi connectivity index (χ4n) is 3.40. The summed E-state index contributed by atoms with van der Waals surface area (Å²) in [6.07, 6.45) is 1.70. The lowest BCUT2D eigenvalue weighted by molar-refractivity contribution is 0.200. The van der Waals surface area contributed by atoms with Gasteiger partial charge in [0, 0.05) is 37.6 Å². The van der Waals surface area contributed by atoms with E-state index in [9.17, 15) is 0 Å². The van der Waals surface area contributed by atoms with Crippen molar-refractivity contribution in [2.45, 2.75) is 13.8 Å². The Kier molecular flexibility index (Phi) is 5.04. The van der Waals surface area contributed by atoms with E-state index in [1.165, 1.54) is 15.8 Å². The monoisotopic (exact) mass is 368 g/mol. The number of piperazine rings is 1. The van der Waals surface area contributed by atoms with E-state index in [0.29, 0.717) is 0 Å². The highest BCUT2D eigenvalue weighted by molar-refractivity contribution is 7.18. The van der Waals surface area contributed by atoms with Crippen LogP contribution in [0.1, 0.15) is 10.4 Å². The maximum atomic E-state index is 5.82. The van der Waals surface area contributed by atoms with Gasteiger partial charge < -0.3 is 9.64 Å². The summed E-state index contributed by atoms with van der Waals surface area (Å²) in [5.74, 6) is 2.04. The molecule has 1 aromatic carbocycles. The largest absolute Gasteiger partial charge is 0.492 e. The smallest absolute Gasteiger partial charge is 0.141 e. The van der Waals surface area contributed by atoms with Crippen LogP contribution in [0, 0.1) is 13.8 Å². The maximum absolute atomic E-state index is 5.82. The predicted molar refractivity (Wildman–Crippen MR) is 107 cm³/mol. The molecule has 0 amide bonds. The highest BCUT2D eigenvalue weighted by Crippen LogP contribution is 2.34. The van der Waals surface area contributed by atoms with Crippen LogP contribution in [0.2, 0.25) is 0 Å². The van der Waals surface area contributed by atoms with E-state index in [0.717, 1.165) is 55.7 Å². The summed E-state index contributed by atoms with van der Waals surface area (Å²) in [5, 5.41) is 1.23. The number of aryl methyl sites for hydroxylation is 2. The van der Waals surface area contributed by atoms with E-state index in [4.69, 9.17) is 4.74 Å². The van der Waals surface area contributed by atoms with Crippen molar-refractivity contribution in [1.82, 2.24) is 14.9 Å². The Morgan fingerprint density at radius 3 is 2.58 bits per heavy atom. The first kappa shape index (κ1) is 17.2. The molecule has 3 aromatic rings. The molecule has 0 N–H and O–H groups in total. The number of para-hydroxylation sites is 1. The molecule has 3 heterocycles. The first-order chi connectivity index (χ1) is 12.7. The van der Waals surface area contributed by atoms with Gasteiger partial charge in [-0.25, -0.2) is 9.97 Å². The number of ether oxygens (including phenoxy) is 1. The summed E-state index contributed by atoms with van der Waals surface area (Å²) < 4.78 is 5.82. The Morgan fingerprint density at radius 1 is 1.04 bits per heavy atom. The third kappa shape index (κ3) is 3.52. The van der Waals surface area contributed by atoms with Crippen molar-refractivity contribution >= 4 is 27.4 Å². The zero-order chi connectivity index (χ0) is 17.9. The van der Waals surface area contributed by atoms with E-state index in [1.807, 2.05) is 30.3 Å². The van der Waals surface area contributed by atoms with Crippen LogP contribution in [0.25, 0.3) is 10.2 Å². The normalized spacial score (nSPS) is 15.5. The summed E-state index contributed by atoms with van der Waals surface area (Å²) in [6.45, 7) is 10.1. The van der Waals surface area contributed by atoms with Crippen LogP contribution in [0.4, 0.5) is 5.82 Å². The van der Waals surface area contributed by atoms with E-state index >= 15 is 0 Å². The number of nitrogens with zero attached hydrogens (tertiary/aromatic N) is 4. The van der Waals surface area contributed by atoms with Crippen molar-refractivity contribution in [3.63, 3.8) is 0 Å². The number of rotatable bonds is 5. The minimum Gasteiger partial charge on any atom is -0.492 e. The number of hydrogen-bond donors (Lipinski definition) is 0.